The van der Waals surface area contributed by atoms with Crippen molar-refractivity contribution in [2.75, 3.05) is 0 Å². The fourth-order valence-corrected chi connectivity index (χ4v) is 2.27. The van der Waals surface area contributed by atoms with Crippen LogP contribution in [0.3, 0.4) is 0 Å². The highest BCUT2D eigenvalue weighted by molar-refractivity contribution is 7.82. The SMILES string of the molecule is O=S(=O)(Oc1c(F)c(F)c(F)c(F)c1F)Oc1c(F)c(F)c(F)c(F)c1F. The van der Waals surface area contributed by atoms with E-state index in [2.05, 4.69) is 8.37 Å². The summed E-state index contributed by atoms with van der Waals surface area (Å²) in [6.45, 7) is 0. The zero-order chi connectivity index (χ0) is 20.8. The highest BCUT2D eigenvalue weighted by Gasteiger charge is 2.34. The average molecular weight is 430 g/mol. The number of hydrogen-bond donors (Lipinski definition) is 0. The lowest BCUT2D eigenvalue weighted by atomic mass is 10.3. The van der Waals surface area contributed by atoms with E-state index < -0.39 is 80.1 Å². The molecule has 0 aliphatic carbocycles. The summed E-state index contributed by atoms with van der Waals surface area (Å²) in [6, 6.07) is 0. The third-order valence-corrected chi connectivity index (χ3v) is 3.45. The summed E-state index contributed by atoms with van der Waals surface area (Å²) in [5.41, 5.74) is 0. The molecular formula is C12F10O4S. The molecule has 0 unspecified atom stereocenters. The first-order valence-electron chi connectivity index (χ1n) is 5.96. The van der Waals surface area contributed by atoms with Crippen LogP contribution in [-0.2, 0) is 10.4 Å². The predicted octanol–water partition coefficient (Wildman–Crippen LogP) is 3.78. The Kier molecular flexibility index (Phi) is 5.18. The third-order valence-electron chi connectivity index (χ3n) is 2.71. The molecule has 4 nitrogen and oxygen atoms in total. The maximum Gasteiger partial charge on any atom is 0.501 e. The second kappa shape index (κ2) is 6.79. The van der Waals surface area contributed by atoms with E-state index in [1.54, 1.807) is 0 Å². The smallest absolute Gasteiger partial charge is 0.346 e. The fraction of sp³-hybridized carbons (Fsp3) is 0. The monoisotopic (exact) mass is 430 g/mol. The lowest BCUT2D eigenvalue weighted by molar-refractivity contribution is 0.311. The molecule has 0 aromatic heterocycles. The molecular weight excluding hydrogens is 430 g/mol. The van der Waals surface area contributed by atoms with E-state index in [9.17, 15) is 52.3 Å². The molecule has 0 bridgehead atoms. The Labute approximate surface area is 141 Å². The molecule has 2 aromatic rings. The molecule has 0 fully saturated rings. The van der Waals surface area contributed by atoms with Gasteiger partial charge in [0.1, 0.15) is 0 Å². The van der Waals surface area contributed by atoms with Gasteiger partial charge in [0.2, 0.25) is 69.7 Å². The van der Waals surface area contributed by atoms with Crippen LogP contribution in [0.4, 0.5) is 43.9 Å². The van der Waals surface area contributed by atoms with Crippen LogP contribution in [0, 0.1) is 58.2 Å². The molecule has 0 spiro atoms. The van der Waals surface area contributed by atoms with Crippen LogP contribution in [0.1, 0.15) is 0 Å². The van der Waals surface area contributed by atoms with Crippen molar-refractivity contribution in [1.29, 1.82) is 0 Å². The van der Waals surface area contributed by atoms with E-state index in [0.29, 0.717) is 0 Å². The largest absolute Gasteiger partial charge is 0.501 e. The Bertz CT molecular complexity index is 918. The number of halogens is 10. The molecule has 0 saturated carbocycles. The summed E-state index contributed by atoms with van der Waals surface area (Å²) in [7, 11) is -6.14. The highest BCUT2D eigenvalue weighted by atomic mass is 32.3. The Morgan fingerprint density at radius 2 is 0.593 bits per heavy atom. The highest BCUT2D eigenvalue weighted by Crippen LogP contribution is 2.33. The van der Waals surface area contributed by atoms with E-state index in [1.165, 1.54) is 0 Å². The molecule has 148 valence electrons. The van der Waals surface area contributed by atoms with Gasteiger partial charge >= 0.3 is 10.4 Å². The molecule has 15 heteroatoms. The first-order chi connectivity index (χ1) is 12.3. The molecule has 27 heavy (non-hydrogen) atoms. The quantitative estimate of drug-likeness (QED) is 0.421. The van der Waals surface area contributed by atoms with Gasteiger partial charge in [-0.3, -0.25) is 0 Å². The molecule has 0 amide bonds. The van der Waals surface area contributed by atoms with Gasteiger partial charge in [0.05, 0.1) is 0 Å². The summed E-state index contributed by atoms with van der Waals surface area (Å²) in [5, 5.41) is 0. The Morgan fingerprint density at radius 3 is 0.815 bits per heavy atom. The zero-order valence-corrected chi connectivity index (χ0v) is 12.6. The van der Waals surface area contributed by atoms with Crippen LogP contribution in [0.25, 0.3) is 0 Å². The molecule has 0 saturated heterocycles. The van der Waals surface area contributed by atoms with Gasteiger partial charge in [-0.1, -0.05) is 0 Å². The first-order valence-corrected chi connectivity index (χ1v) is 7.30. The van der Waals surface area contributed by atoms with Gasteiger partial charge in [-0.25, -0.2) is 26.3 Å². The maximum atomic E-state index is 13.3. The fourth-order valence-electron chi connectivity index (χ4n) is 1.54. The van der Waals surface area contributed by atoms with Crippen LogP contribution in [0.15, 0.2) is 0 Å². The molecule has 2 aromatic carbocycles. The van der Waals surface area contributed by atoms with Gasteiger partial charge in [-0.05, 0) is 0 Å². The minimum Gasteiger partial charge on any atom is -0.346 e. The predicted molar refractivity (Wildman–Crippen MR) is 62.6 cm³/mol. The molecule has 2 rings (SSSR count). The number of benzene rings is 2. The van der Waals surface area contributed by atoms with E-state index in [-0.39, 0.29) is 0 Å². The van der Waals surface area contributed by atoms with E-state index in [4.69, 9.17) is 0 Å². The van der Waals surface area contributed by atoms with Crippen molar-refractivity contribution in [3.63, 3.8) is 0 Å². The maximum absolute atomic E-state index is 13.3. The minimum atomic E-state index is -6.14. The number of rotatable bonds is 4. The molecule has 0 N–H and O–H groups in total. The first kappa shape index (κ1) is 20.6. The van der Waals surface area contributed by atoms with Crippen molar-refractivity contribution in [2.24, 2.45) is 0 Å². The van der Waals surface area contributed by atoms with E-state index in [0.717, 1.165) is 0 Å². The van der Waals surface area contributed by atoms with Gasteiger partial charge in [0, 0.05) is 0 Å². The second-order valence-corrected chi connectivity index (χ2v) is 5.52. The Morgan fingerprint density at radius 1 is 0.407 bits per heavy atom. The summed E-state index contributed by atoms with van der Waals surface area (Å²) >= 11 is 0. The molecule has 0 radical (unpaired) electrons. The normalized spacial score (nSPS) is 11.6. The summed E-state index contributed by atoms with van der Waals surface area (Å²) in [4.78, 5) is 0. The van der Waals surface area contributed by atoms with Crippen molar-refractivity contribution in [1.82, 2.24) is 0 Å². The topological polar surface area (TPSA) is 52.6 Å². The average Bonchev–Trinajstić information content (AvgIpc) is 2.62. The van der Waals surface area contributed by atoms with E-state index >= 15 is 0 Å². The van der Waals surface area contributed by atoms with Crippen LogP contribution >= 0.6 is 0 Å². The minimum absolute atomic E-state index is 2.48. The molecule has 0 aliphatic heterocycles. The molecule has 0 heterocycles. The van der Waals surface area contributed by atoms with Crippen molar-refractivity contribution in [2.45, 2.75) is 0 Å². The standard InChI is InChI=1S/C12F10O4S/c13-1-3(15)7(19)11(8(20)4(1)16)25-27(23,24)26-12-9(21)5(17)2(14)6(18)10(12)22. The number of hydrogen-bond acceptors (Lipinski definition) is 4. The Balaban J connectivity index is 2.53. The third kappa shape index (κ3) is 3.45. The lowest BCUT2D eigenvalue weighted by Gasteiger charge is -2.12. The van der Waals surface area contributed by atoms with Gasteiger partial charge in [0.15, 0.2) is 0 Å². The van der Waals surface area contributed by atoms with Gasteiger partial charge in [-0.2, -0.15) is 17.6 Å². The molecule has 0 aliphatic rings. The summed E-state index contributed by atoms with van der Waals surface area (Å²) in [5.74, 6) is -32.3. The summed E-state index contributed by atoms with van der Waals surface area (Å²) in [6.07, 6.45) is 0. The van der Waals surface area contributed by atoms with Gasteiger partial charge in [-0.15, -0.1) is 8.42 Å². The van der Waals surface area contributed by atoms with Gasteiger partial charge in [0.25, 0.3) is 0 Å². The van der Waals surface area contributed by atoms with Crippen molar-refractivity contribution in [3.8, 4) is 11.5 Å². The van der Waals surface area contributed by atoms with Crippen LogP contribution in [0.2, 0.25) is 0 Å². The van der Waals surface area contributed by atoms with Gasteiger partial charge < -0.3 is 8.37 Å². The lowest BCUT2D eigenvalue weighted by Crippen LogP contribution is -2.21. The molecule has 0 atom stereocenters. The van der Waals surface area contributed by atoms with Crippen molar-refractivity contribution < 1.29 is 60.7 Å². The van der Waals surface area contributed by atoms with Crippen molar-refractivity contribution in [3.05, 3.63) is 58.2 Å². The van der Waals surface area contributed by atoms with E-state index in [1.807, 2.05) is 0 Å². The van der Waals surface area contributed by atoms with Crippen LogP contribution < -0.4 is 8.37 Å². The van der Waals surface area contributed by atoms with Crippen LogP contribution in [-0.4, -0.2) is 8.42 Å². The second-order valence-electron chi connectivity index (χ2n) is 4.37. The summed E-state index contributed by atoms with van der Waals surface area (Å²) < 4.78 is 160. The van der Waals surface area contributed by atoms with Crippen molar-refractivity contribution >= 4 is 10.4 Å². The van der Waals surface area contributed by atoms with Crippen LogP contribution in [0.5, 0.6) is 11.5 Å². The Hall–Kier alpha value is -2.71. The zero-order valence-electron chi connectivity index (χ0n) is 11.8.